The molecular formula is C17H20FN3O. The topological polar surface area (TPSA) is 38.2 Å². The standard InChI is InChI=1S/C17H20FN3O/c1-11-8-12(2)20-17(19-11)21-9-13(3)22-16(10-21)14-4-6-15(18)7-5-14/h4-8,13,16H,9-10H2,1-3H3. The van der Waals surface area contributed by atoms with E-state index in [0.29, 0.717) is 6.54 Å². The Hall–Kier alpha value is -2.01. The molecule has 4 nitrogen and oxygen atoms in total. The molecule has 0 amide bonds. The molecule has 1 aliphatic rings. The number of rotatable bonds is 2. The van der Waals surface area contributed by atoms with Crippen molar-refractivity contribution in [1.29, 1.82) is 0 Å². The number of benzene rings is 1. The largest absolute Gasteiger partial charge is 0.367 e. The predicted molar refractivity (Wildman–Crippen MR) is 83.4 cm³/mol. The van der Waals surface area contributed by atoms with Crippen molar-refractivity contribution in [3.05, 3.63) is 53.1 Å². The van der Waals surface area contributed by atoms with Gasteiger partial charge in [0.15, 0.2) is 0 Å². The van der Waals surface area contributed by atoms with Crippen LogP contribution in [0.25, 0.3) is 0 Å². The number of anilines is 1. The van der Waals surface area contributed by atoms with Crippen LogP contribution < -0.4 is 4.90 Å². The maximum atomic E-state index is 13.1. The first-order chi connectivity index (χ1) is 10.5. The molecule has 0 radical (unpaired) electrons. The summed E-state index contributed by atoms with van der Waals surface area (Å²) in [6.07, 6.45) is -0.0398. The first-order valence-electron chi connectivity index (χ1n) is 7.49. The van der Waals surface area contributed by atoms with Crippen molar-refractivity contribution in [2.24, 2.45) is 0 Å². The summed E-state index contributed by atoms with van der Waals surface area (Å²) in [6, 6.07) is 8.45. The van der Waals surface area contributed by atoms with Crippen LogP contribution in [0.15, 0.2) is 30.3 Å². The van der Waals surface area contributed by atoms with Crippen molar-refractivity contribution in [3.63, 3.8) is 0 Å². The second-order valence-electron chi connectivity index (χ2n) is 5.84. The number of aryl methyl sites for hydroxylation is 2. The van der Waals surface area contributed by atoms with E-state index >= 15 is 0 Å². The molecule has 0 saturated carbocycles. The van der Waals surface area contributed by atoms with Gasteiger partial charge in [0.25, 0.3) is 0 Å². The van der Waals surface area contributed by atoms with Crippen molar-refractivity contribution >= 4 is 5.95 Å². The third-order valence-corrected chi connectivity index (χ3v) is 3.76. The van der Waals surface area contributed by atoms with Crippen molar-refractivity contribution in [2.45, 2.75) is 33.0 Å². The van der Waals surface area contributed by atoms with Gasteiger partial charge in [-0.05, 0) is 44.5 Å². The van der Waals surface area contributed by atoms with E-state index in [-0.39, 0.29) is 18.0 Å². The summed E-state index contributed by atoms with van der Waals surface area (Å²) in [5.74, 6) is 0.502. The van der Waals surface area contributed by atoms with Crippen LogP contribution in [0.4, 0.5) is 10.3 Å². The van der Waals surface area contributed by atoms with Crippen LogP contribution in [0.3, 0.4) is 0 Å². The van der Waals surface area contributed by atoms with Gasteiger partial charge in [0, 0.05) is 17.9 Å². The minimum Gasteiger partial charge on any atom is -0.367 e. The molecule has 0 bridgehead atoms. The van der Waals surface area contributed by atoms with Crippen LogP contribution in [-0.2, 0) is 4.74 Å². The Kier molecular flexibility index (Phi) is 4.07. The van der Waals surface area contributed by atoms with Crippen molar-refractivity contribution < 1.29 is 9.13 Å². The molecule has 5 heteroatoms. The molecule has 3 rings (SSSR count). The van der Waals surface area contributed by atoms with Gasteiger partial charge in [-0.25, -0.2) is 14.4 Å². The zero-order chi connectivity index (χ0) is 15.7. The number of aromatic nitrogens is 2. The quantitative estimate of drug-likeness (QED) is 0.854. The molecule has 116 valence electrons. The fraction of sp³-hybridized carbons (Fsp3) is 0.412. The van der Waals surface area contributed by atoms with Crippen LogP contribution in [0, 0.1) is 19.7 Å². The summed E-state index contributed by atoms with van der Waals surface area (Å²) < 4.78 is 19.1. The molecule has 0 aliphatic carbocycles. The van der Waals surface area contributed by atoms with Gasteiger partial charge in [0.2, 0.25) is 5.95 Å². The van der Waals surface area contributed by atoms with Gasteiger partial charge in [-0.2, -0.15) is 0 Å². The molecule has 1 fully saturated rings. The molecule has 1 aromatic carbocycles. The van der Waals surface area contributed by atoms with Gasteiger partial charge in [0.1, 0.15) is 11.9 Å². The Morgan fingerprint density at radius 3 is 2.36 bits per heavy atom. The molecule has 1 aromatic heterocycles. The number of morpholine rings is 1. The number of halogens is 1. The molecule has 2 atom stereocenters. The molecule has 22 heavy (non-hydrogen) atoms. The highest BCUT2D eigenvalue weighted by Crippen LogP contribution is 2.27. The van der Waals surface area contributed by atoms with Gasteiger partial charge in [-0.3, -0.25) is 0 Å². The number of nitrogens with zero attached hydrogens (tertiary/aromatic N) is 3. The Morgan fingerprint density at radius 2 is 1.73 bits per heavy atom. The van der Waals surface area contributed by atoms with Gasteiger partial charge in [-0.1, -0.05) is 12.1 Å². The van der Waals surface area contributed by atoms with Gasteiger partial charge in [-0.15, -0.1) is 0 Å². The Balaban J connectivity index is 1.85. The van der Waals surface area contributed by atoms with E-state index in [1.165, 1.54) is 12.1 Å². The Labute approximate surface area is 130 Å². The highest BCUT2D eigenvalue weighted by Gasteiger charge is 2.28. The van der Waals surface area contributed by atoms with Gasteiger partial charge < -0.3 is 9.64 Å². The Morgan fingerprint density at radius 1 is 1.09 bits per heavy atom. The first-order valence-corrected chi connectivity index (χ1v) is 7.49. The SMILES string of the molecule is Cc1cc(C)nc(N2CC(C)OC(c3ccc(F)cc3)C2)n1. The smallest absolute Gasteiger partial charge is 0.225 e. The lowest BCUT2D eigenvalue weighted by Gasteiger charge is -2.37. The molecule has 0 N–H and O–H groups in total. The average Bonchev–Trinajstić information content (AvgIpc) is 2.46. The van der Waals surface area contributed by atoms with Crippen molar-refractivity contribution in [2.75, 3.05) is 18.0 Å². The monoisotopic (exact) mass is 301 g/mol. The molecule has 2 heterocycles. The van der Waals surface area contributed by atoms with Crippen LogP contribution in [0.5, 0.6) is 0 Å². The van der Waals surface area contributed by atoms with Crippen LogP contribution >= 0.6 is 0 Å². The number of hydrogen-bond acceptors (Lipinski definition) is 4. The lowest BCUT2D eigenvalue weighted by molar-refractivity contribution is -0.0179. The second kappa shape index (κ2) is 6.01. The van der Waals surface area contributed by atoms with Gasteiger partial charge in [0.05, 0.1) is 12.6 Å². The van der Waals surface area contributed by atoms with E-state index in [9.17, 15) is 4.39 Å². The summed E-state index contributed by atoms with van der Waals surface area (Å²) in [4.78, 5) is 11.2. The summed E-state index contributed by atoms with van der Waals surface area (Å²) in [6.45, 7) is 7.39. The average molecular weight is 301 g/mol. The number of hydrogen-bond donors (Lipinski definition) is 0. The van der Waals surface area contributed by atoms with Crippen LogP contribution in [-0.4, -0.2) is 29.2 Å². The fourth-order valence-electron chi connectivity index (χ4n) is 2.82. The van der Waals surface area contributed by atoms with E-state index in [0.717, 1.165) is 29.4 Å². The van der Waals surface area contributed by atoms with E-state index in [1.54, 1.807) is 12.1 Å². The summed E-state index contributed by atoms with van der Waals surface area (Å²) in [5, 5.41) is 0. The summed E-state index contributed by atoms with van der Waals surface area (Å²) >= 11 is 0. The minimum atomic E-state index is -0.234. The Bertz CT molecular complexity index is 639. The molecule has 2 aromatic rings. The summed E-state index contributed by atoms with van der Waals surface area (Å²) in [7, 11) is 0. The van der Waals surface area contributed by atoms with E-state index < -0.39 is 0 Å². The normalized spacial score (nSPS) is 21.9. The lowest BCUT2D eigenvalue weighted by atomic mass is 10.1. The van der Waals surface area contributed by atoms with Gasteiger partial charge >= 0.3 is 0 Å². The number of ether oxygens (including phenoxy) is 1. The fourth-order valence-corrected chi connectivity index (χ4v) is 2.82. The molecule has 1 aliphatic heterocycles. The first kappa shape index (κ1) is 14.9. The third kappa shape index (κ3) is 3.25. The maximum absolute atomic E-state index is 13.1. The minimum absolute atomic E-state index is 0.0632. The molecule has 1 saturated heterocycles. The zero-order valence-electron chi connectivity index (χ0n) is 13.1. The van der Waals surface area contributed by atoms with E-state index in [4.69, 9.17) is 4.74 Å². The summed E-state index contributed by atoms with van der Waals surface area (Å²) in [5.41, 5.74) is 2.89. The predicted octanol–water partition coefficient (Wildman–Crippen LogP) is 3.20. The lowest BCUT2D eigenvalue weighted by Crippen LogP contribution is -2.43. The van der Waals surface area contributed by atoms with Crippen molar-refractivity contribution in [1.82, 2.24) is 9.97 Å². The van der Waals surface area contributed by atoms with Crippen LogP contribution in [0.1, 0.15) is 30.0 Å². The third-order valence-electron chi connectivity index (χ3n) is 3.76. The highest BCUT2D eigenvalue weighted by molar-refractivity contribution is 5.35. The molecule has 0 spiro atoms. The van der Waals surface area contributed by atoms with Crippen molar-refractivity contribution in [3.8, 4) is 0 Å². The van der Waals surface area contributed by atoms with Crippen LogP contribution in [0.2, 0.25) is 0 Å². The van der Waals surface area contributed by atoms with E-state index in [2.05, 4.69) is 14.9 Å². The van der Waals surface area contributed by atoms with E-state index in [1.807, 2.05) is 26.8 Å². The highest BCUT2D eigenvalue weighted by atomic mass is 19.1. The maximum Gasteiger partial charge on any atom is 0.225 e. The second-order valence-corrected chi connectivity index (χ2v) is 5.84. The molecular weight excluding hydrogens is 281 g/mol. The zero-order valence-corrected chi connectivity index (χ0v) is 13.1. The molecule has 2 unspecified atom stereocenters.